The van der Waals surface area contributed by atoms with E-state index in [4.69, 9.17) is 39.5 Å². The Morgan fingerprint density at radius 1 is 1.00 bits per heavy atom. The zero-order valence-corrected chi connectivity index (χ0v) is 18.7. The average molecular weight is 471 g/mol. The summed E-state index contributed by atoms with van der Waals surface area (Å²) < 4.78 is 5.24. The quantitative estimate of drug-likeness (QED) is 0.678. The third-order valence-electron chi connectivity index (χ3n) is 4.91. The summed E-state index contributed by atoms with van der Waals surface area (Å²) in [6.07, 6.45) is 0.326. The lowest BCUT2D eigenvalue weighted by Gasteiger charge is -2.34. The molecule has 0 bridgehead atoms. The molecule has 1 aliphatic rings. The summed E-state index contributed by atoms with van der Waals surface area (Å²) in [4.78, 5) is 28.9. The molecule has 0 spiro atoms. The van der Waals surface area contributed by atoms with Crippen molar-refractivity contribution in [3.63, 3.8) is 0 Å². The van der Waals surface area contributed by atoms with Gasteiger partial charge in [-0.2, -0.15) is 0 Å². The molecule has 0 radical (unpaired) electrons. The maximum absolute atomic E-state index is 12.7. The molecule has 0 aromatic heterocycles. The Kier molecular flexibility index (Phi) is 7.83. The van der Waals surface area contributed by atoms with Crippen LogP contribution in [0.4, 0.5) is 5.69 Å². The van der Waals surface area contributed by atoms with Crippen LogP contribution in [0, 0.1) is 0 Å². The van der Waals surface area contributed by atoms with Crippen molar-refractivity contribution in [1.29, 1.82) is 0 Å². The number of halogens is 3. The first-order valence-corrected chi connectivity index (χ1v) is 10.6. The van der Waals surface area contributed by atoms with Gasteiger partial charge >= 0.3 is 0 Å². The number of nitrogens with one attached hydrogen (secondary N) is 1. The van der Waals surface area contributed by atoms with Crippen LogP contribution in [0.3, 0.4) is 0 Å². The van der Waals surface area contributed by atoms with Gasteiger partial charge in [0, 0.05) is 49.2 Å². The first-order chi connectivity index (χ1) is 14.4. The highest BCUT2D eigenvalue weighted by Crippen LogP contribution is 2.28. The Hall–Kier alpha value is -1.99. The first-order valence-electron chi connectivity index (χ1n) is 9.47. The van der Waals surface area contributed by atoms with Gasteiger partial charge in [-0.05, 0) is 36.4 Å². The minimum absolute atomic E-state index is 0.109. The van der Waals surface area contributed by atoms with Crippen LogP contribution < -0.4 is 10.1 Å². The third kappa shape index (κ3) is 5.79. The summed E-state index contributed by atoms with van der Waals surface area (Å²) in [7, 11) is 1.54. The van der Waals surface area contributed by atoms with Crippen molar-refractivity contribution in [2.75, 3.05) is 45.2 Å². The van der Waals surface area contributed by atoms with Crippen LogP contribution >= 0.6 is 34.8 Å². The molecule has 1 saturated heterocycles. The minimum atomic E-state index is -0.123. The molecule has 1 N–H and O–H groups in total. The van der Waals surface area contributed by atoms with Gasteiger partial charge in [-0.15, -0.1) is 0 Å². The summed E-state index contributed by atoms with van der Waals surface area (Å²) in [5.41, 5.74) is 0.995. The van der Waals surface area contributed by atoms with E-state index in [0.29, 0.717) is 71.2 Å². The molecular formula is C21H22Cl3N3O3. The molecule has 0 saturated carbocycles. The largest absolute Gasteiger partial charge is 0.495 e. The summed E-state index contributed by atoms with van der Waals surface area (Å²) in [5, 5.41) is 4.20. The van der Waals surface area contributed by atoms with Crippen molar-refractivity contribution < 1.29 is 14.3 Å². The Labute approximate surface area is 190 Å². The lowest BCUT2D eigenvalue weighted by Crippen LogP contribution is -2.49. The molecule has 2 aromatic carbocycles. The number of carbonyl (C=O) groups excluding carboxylic acids is 2. The number of anilines is 1. The second-order valence-corrected chi connectivity index (χ2v) is 8.18. The number of hydrogen-bond donors (Lipinski definition) is 1. The molecule has 30 heavy (non-hydrogen) atoms. The smallest absolute Gasteiger partial charge is 0.255 e. The summed E-state index contributed by atoms with van der Waals surface area (Å²) in [5.74, 6) is 0.324. The van der Waals surface area contributed by atoms with E-state index in [1.54, 1.807) is 41.3 Å². The van der Waals surface area contributed by atoms with Crippen LogP contribution in [0.5, 0.6) is 5.75 Å². The fourth-order valence-electron chi connectivity index (χ4n) is 3.26. The predicted molar refractivity (Wildman–Crippen MR) is 120 cm³/mol. The molecule has 1 fully saturated rings. The van der Waals surface area contributed by atoms with Crippen LogP contribution in [-0.2, 0) is 4.79 Å². The number of nitrogens with zero attached hydrogens (tertiary/aromatic N) is 2. The topological polar surface area (TPSA) is 61.9 Å². The summed E-state index contributed by atoms with van der Waals surface area (Å²) in [6, 6.07) is 9.94. The lowest BCUT2D eigenvalue weighted by atomic mass is 10.1. The highest BCUT2D eigenvalue weighted by atomic mass is 35.5. The molecule has 0 unspecified atom stereocenters. The molecular weight excluding hydrogens is 449 g/mol. The molecule has 160 valence electrons. The maximum Gasteiger partial charge on any atom is 0.255 e. The number of benzene rings is 2. The SMILES string of the molecule is COc1ccc(Cl)cc1NC(=O)CCN1CCN(C(=O)c2ccc(Cl)cc2Cl)CC1. The molecule has 9 heteroatoms. The third-order valence-corrected chi connectivity index (χ3v) is 5.69. The fourth-order valence-corrected chi connectivity index (χ4v) is 3.92. The lowest BCUT2D eigenvalue weighted by molar-refractivity contribution is -0.116. The molecule has 0 atom stereocenters. The van der Waals surface area contributed by atoms with Gasteiger partial charge in [-0.3, -0.25) is 14.5 Å². The van der Waals surface area contributed by atoms with Crippen LogP contribution in [-0.4, -0.2) is 61.4 Å². The Morgan fingerprint density at radius 3 is 2.33 bits per heavy atom. The van der Waals surface area contributed by atoms with E-state index in [9.17, 15) is 9.59 Å². The van der Waals surface area contributed by atoms with Crippen LogP contribution in [0.1, 0.15) is 16.8 Å². The van der Waals surface area contributed by atoms with E-state index < -0.39 is 0 Å². The first kappa shape index (κ1) is 22.7. The van der Waals surface area contributed by atoms with Gasteiger partial charge in [0.05, 0.1) is 23.4 Å². The number of ether oxygens (including phenoxy) is 1. The van der Waals surface area contributed by atoms with Crippen LogP contribution in [0.25, 0.3) is 0 Å². The number of methoxy groups -OCH3 is 1. The molecule has 3 rings (SSSR count). The molecule has 2 amide bonds. The number of amides is 2. The van der Waals surface area contributed by atoms with E-state index >= 15 is 0 Å². The highest BCUT2D eigenvalue weighted by Gasteiger charge is 2.24. The average Bonchev–Trinajstić information content (AvgIpc) is 2.72. The van der Waals surface area contributed by atoms with E-state index in [-0.39, 0.29) is 11.8 Å². The van der Waals surface area contributed by atoms with Gasteiger partial charge in [-0.1, -0.05) is 34.8 Å². The number of carbonyl (C=O) groups is 2. The zero-order valence-electron chi connectivity index (χ0n) is 16.5. The molecule has 1 aliphatic heterocycles. The summed E-state index contributed by atoms with van der Waals surface area (Å²) in [6.45, 7) is 3.11. The van der Waals surface area contributed by atoms with Crippen molar-refractivity contribution >= 4 is 52.3 Å². The summed E-state index contributed by atoms with van der Waals surface area (Å²) >= 11 is 18.0. The van der Waals surface area contributed by atoms with Gasteiger partial charge in [-0.25, -0.2) is 0 Å². The number of hydrogen-bond acceptors (Lipinski definition) is 4. The van der Waals surface area contributed by atoms with E-state index in [1.165, 1.54) is 7.11 Å². The predicted octanol–water partition coefficient (Wildman–Crippen LogP) is 4.44. The standard InChI is InChI=1S/C21H22Cl3N3O3/c1-30-19-5-3-15(23)13-18(19)25-20(28)6-7-26-8-10-27(11-9-26)21(29)16-4-2-14(22)12-17(16)24/h2-5,12-13H,6-11H2,1H3,(H,25,28). The van der Waals surface area contributed by atoms with E-state index in [1.807, 2.05) is 0 Å². The van der Waals surface area contributed by atoms with Crippen molar-refractivity contribution in [2.45, 2.75) is 6.42 Å². The molecule has 0 aliphatic carbocycles. The Bertz CT molecular complexity index is 931. The minimum Gasteiger partial charge on any atom is -0.495 e. The number of piperazine rings is 1. The van der Waals surface area contributed by atoms with Gasteiger partial charge in [0.2, 0.25) is 5.91 Å². The highest BCUT2D eigenvalue weighted by molar-refractivity contribution is 6.36. The van der Waals surface area contributed by atoms with Crippen LogP contribution in [0.2, 0.25) is 15.1 Å². The van der Waals surface area contributed by atoms with Crippen molar-refractivity contribution in [3.8, 4) is 5.75 Å². The second-order valence-electron chi connectivity index (χ2n) is 6.90. The van der Waals surface area contributed by atoms with Gasteiger partial charge in [0.25, 0.3) is 5.91 Å². The van der Waals surface area contributed by atoms with Crippen molar-refractivity contribution in [1.82, 2.24) is 9.80 Å². The van der Waals surface area contributed by atoms with Gasteiger partial charge in [0.15, 0.2) is 0 Å². The van der Waals surface area contributed by atoms with Crippen molar-refractivity contribution in [3.05, 3.63) is 57.0 Å². The Balaban J connectivity index is 1.47. The monoisotopic (exact) mass is 469 g/mol. The molecule has 2 aromatic rings. The van der Waals surface area contributed by atoms with Gasteiger partial charge < -0.3 is 15.0 Å². The molecule has 6 nitrogen and oxygen atoms in total. The fraction of sp³-hybridized carbons (Fsp3) is 0.333. The van der Waals surface area contributed by atoms with Crippen molar-refractivity contribution in [2.24, 2.45) is 0 Å². The van der Waals surface area contributed by atoms with E-state index in [0.717, 1.165) is 0 Å². The Morgan fingerprint density at radius 2 is 1.67 bits per heavy atom. The number of rotatable bonds is 6. The maximum atomic E-state index is 12.7. The van der Waals surface area contributed by atoms with E-state index in [2.05, 4.69) is 10.2 Å². The van der Waals surface area contributed by atoms with Crippen LogP contribution in [0.15, 0.2) is 36.4 Å². The normalized spacial score (nSPS) is 14.5. The second kappa shape index (κ2) is 10.4. The van der Waals surface area contributed by atoms with Gasteiger partial charge in [0.1, 0.15) is 5.75 Å². The molecule has 1 heterocycles. The zero-order chi connectivity index (χ0) is 21.7.